The van der Waals surface area contributed by atoms with Crippen LogP contribution in [0.2, 0.25) is 5.02 Å². The van der Waals surface area contributed by atoms with Gasteiger partial charge in [-0.2, -0.15) is 0 Å². The monoisotopic (exact) mass is 448 g/mol. The van der Waals surface area contributed by atoms with Gasteiger partial charge in [-0.1, -0.05) is 78.3 Å². The van der Waals surface area contributed by atoms with Crippen LogP contribution in [0.3, 0.4) is 0 Å². The third-order valence-corrected chi connectivity index (χ3v) is 6.71. The molecular formula is C27H29ClN2O2. The molecule has 1 atom stereocenters. The molecule has 5 heteroatoms. The predicted molar refractivity (Wildman–Crippen MR) is 130 cm³/mol. The van der Waals surface area contributed by atoms with Gasteiger partial charge in [-0.15, -0.1) is 0 Å². The molecule has 1 aliphatic heterocycles. The Kier molecular flexibility index (Phi) is 6.95. The molecule has 3 aromatic rings. The Morgan fingerprint density at radius 1 is 0.875 bits per heavy atom. The molecule has 1 fully saturated rings. The zero-order chi connectivity index (χ0) is 22.6. The number of hydrogen-bond donors (Lipinski definition) is 0. The molecule has 0 N–H and O–H groups in total. The second kappa shape index (κ2) is 9.86. The third-order valence-electron chi connectivity index (χ3n) is 6.46. The summed E-state index contributed by atoms with van der Waals surface area (Å²) in [5.41, 5.74) is 3.83. The van der Waals surface area contributed by atoms with Crippen molar-refractivity contribution in [1.29, 1.82) is 0 Å². The molecule has 32 heavy (non-hydrogen) atoms. The first kappa shape index (κ1) is 22.5. The zero-order valence-electron chi connectivity index (χ0n) is 18.6. The number of carbonyl (C=O) groups excluding carboxylic acids is 1. The molecule has 1 heterocycles. The number of benzene rings is 3. The number of rotatable bonds is 6. The van der Waals surface area contributed by atoms with Crippen molar-refractivity contribution in [2.24, 2.45) is 0 Å². The molecule has 0 aromatic heterocycles. The average molecular weight is 449 g/mol. The standard InChI is InChI=1S/C27H29ClN2O2/c1-27(26(31)32-2,24-6-4-3-5-7-24)30-18-16-29(17-19-30)20-21-8-10-22(11-9-21)23-12-14-25(28)15-13-23/h3-15H,16-20H2,1-2H3. The van der Waals surface area contributed by atoms with E-state index < -0.39 is 5.54 Å². The van der Waals surface area contributed by atoms with Crippen LogP contribution in [0, 0.1) is 0 Å². The van der Waals surface area contributed by atoms with Gasteiger partial charge in [0, 0.05) is 37.7 Å². The van der Waals surface area contributed by atoms with Crippen LogP contribution in [0.25, 0.3) is 11.1 Å². The Labute approximate surface area is 195 Å². The van der Waals surface area contributed by atoms with Crippen molar-refractivity contribution in [3.63, 3.8) is 0 Å². The lowest BCUT2D eigenvalue weighted by atomic mass is 9.89. The number of methoxy groups -OCH3 is 1. The fourth-order valence-electron chi connectivity index (χ4n) is 4.45. The van der Waals surface area contributed by atoms with Crippen molar-refractivity contribution in [2.45, 2.75) is 19.0 Å². The van der Waals surface area contributed by atoms with E-state index in [1.807, 2.05) is 61.5 Å². The van der Waals surface area contributed by atoms with E-state index in [1.165, 1.54) is 18.2 Å². The Bertz CT molecular complexity index is 1030. The lowest BCUT2D eigenvalue weighted by molar-refractivity contribution is -0.156. The van der Waals surface area contributed by atoms with E-state index in [-0.39, 0.29) is 5.97 Å². The summed E-state index contributed by atoms with van der Waals surface area (Å²) in [6.07, 6.45) is 0. The van der Waals surface area contributed by atoms with Gasteiger partial charge in [0.25, 0.3) is 0 Å². The van der Waals surface area contributed by atoms with Gasteiger partial charge in [-0.3, -0.25) is 9.80 Å². The van der Waals surface area contributed by atoms with E-state index in [2.05, 4.69) is 34.1 Å². The number of esters is 1. The van der Waals surface area contributed by atoms with E-state index in [1.54, 1.807) is 0 Å². The van der Waals surface area contributed by atoms with E-state index in [9.17, 15) is 4.79 Å². The van der Waals surface area contributed by atoms with Crippen molar-refractivity contribution in [1.82, 2.24) is 9.80 Å². The summed E-state index contributed by atoms with van der Waals surface area (Å²) in [6, 6.07) is 26.6. The highest BCUT2D eigenvalue weighted by Gasteiger charge is 2.43. The molecular weight excluding hydrogens is 420 g/mol. The second-order valence-electron chi connectivity index (χ2n) is 8.40. The van der Waals surface area contributed by atoms with E-state index >= 15 is 0 Å². The highest BCUT2D eigenvalue weighted by atomic mass is 35.5. The van der Waals surface area contributed by atoms with Crippen LogP contribution in [0.5, 0.6) is 0 Å². The number of carbonyl (C=O) groups is 1. The van der Waals surface area contributed by atoms with Crippen molar-refractivity contribution in [3.05, 3.63) is 95.0 Å². The number of hydrogen-bond acceptors (Lipinski definition) is 4. The maximum Gasteiger partial charge on any atom is 0.330 e. The topological polar surface area (TPSA) is 32.8 Å². The van der Waals surface area contributed by atoms with Gasteiger partial charge in [-0.05, 0) is 41.3 Å². The van der Waals surface area contributed by atoms with Crippen LogP contribution in [-0.2, 0) is 21.6 Å². The van der Waals surface area contributed by atoms with Gasteiger partial charge in [0.05, 0.1) is 7.11 Å². The molecule has 0 spiro atoms. The molecule has 0 amide bonds. The quantitative estimate of drug-likeness (QED) is 0.484. The first-order valence-corrected chi connectivity index (χ1v) is 11.3. The highest BCUT2D eigenvalue weighted by molar-refractivity contribution is 6.30. The van der Waals surface area contributed by atoms with Crippen molar-refractivity contribution in [3.8, 4) is 11.1 Å². The summed E-state index contributed by atoms with van der Waals surface area (Å²) < 4.78 is 5.20. The molecule has 4 rings (SSSR count). The summed E-state index contributed by atoms with van der Waals surface area (Å²) >= 11 is 6.00. The largest absolute Gasteiger partial charge is 0.467 e. The van der Waals surface area contributed by atoms with Gasteiger partial charge in [0.1, 0.15) is 5.54 Å². The van der Waals surface area contributed by atoms with E-state index in [0.29, 0.717) is 0 Å². The van der Waals surface area contributed by atoms with Crippen molar-refractivity contribution < 1.29 is 9.53 Å². The van der Waals surface area contributed by atoms with Gasteiger partial charge in [0.15, 0.2) is 0 Å². The minimum atomic E-state index is -0.775. The highest BCUT2D eigenvalue weighted by Crippen LogP contribution is 2.31. The van der Waals surface area contributed by atoms with Gasteiger partial charge < -0.3 is 4.74 Å². The Hall–Kier alpha value is -2.66. The van der Waals surface area contributed by atoms with Crippen LogP contribution < -0.4 is 0 Å². The summed E-state index contributed by atoms with van der Waals surface area (Å²) in [5.74, 6) is -0.213. The minimum Gasteiger partial charge on any atom is -0.467 e. The van der Waals surface area contributed by atoms with Crippen molar-refractivity contribution in [2.75, 3.05) is 33.3 Å². The third kappa shape index (κ3) is 4.73. The number of nitrogens with zero attached hydrogens (tertiary/aromatic N) is 2. The zero-order valence-corrected chi connectivity index (χ0v) is 19.4. The lowest BCUT2D eigenvalue weighted by Crippen LogP contribution is -2.57. The Morgan fingerprint density at radius 2 is 1.44 bits per heavy atom. The summed E-state index contributed by atoms with van der Waals surface area (Å²) in [5, 5.41) is 0.750. The molecule has 166 valence electrons. The number of halogens is 1. The number of piperazine rings is 1. The molecule has 0 aliphatic carbocycles. The summed E-state index contributed by atoms with van der Waals surface area (Å²) in [7, 11) is 1.47. The Morgan fingerprint density at radius 3 is 2.00 bits per heavy atom. The van der Waals surface area contributed by atoms with E-state index in [4.69, 9.17) is 16.3 Å². The van der Waals surface area contributed by atoms with Gasteiger partial charge in [0.2, 0.25) is 0 Å². The second-order valence-corrected chi connectivity index (χ2v) is 8.83. The van der Waals surface area contributed by atoms with Gasteiger partial charge >= 0.3 is 5.97 Å². The fraction of sp³-hybridized carbons (Fsp3) is 0.296. The van der Waals surface area contributed by atoms with Crippen LogP contribution in [-0.4, -0.2) is 49.1 Å². The predicted octanol–water partition coefficient (Wildman–Crippen LogP) is 5.21. The SMILES string of the molecule is COC(=O)C(C)(c1ccccc1)N1CCN(Cc2ccc(-c3ccc(Cl)cc3)cc2)CC1. The van der Waals surface area contributed by atoms with Crippen LogP contribution in [0.4, 0.5) is 0 Å². The molecule has 0 bridgehead atoms. The smallest absolute Gasteiger partial charge is 0.330 e. The normalized spacial score (nSPS) is 17.0. The molecule has 1 unspecified atom stereocenters. The maximum absolute atomic E-state index is 12.8. The van der Waals surface area contributed by atoms with Crippen LogP contribution in [0.1, 0.15) is 18.1 Å². The maximum atomic E-state index is 12.8. The first-order valence-electron chi connectivity index (χ1n) is 11.0. The van der Waals surface area contributed by atoms with Crippen LogP contribution in [0.15, 0.2) is 78.9 Å². The molecule has 1 saturated heterocycles. The van der Waals surface area contributed by atoms with E-state index in [0.717, 1.165) is 48.9 Å². The molecule has 0 saturated carbocycles. The van der Waals surface area contributed by atoms with Crippen LogP contribution >= 0.6 is 11.6 Å². The Balaban J connectivity index is 1.40. The van der Waals surface area contributed by atoms with Gasteiger partial charge in [-0.25, -0.2) is 4.79 Å². The molecule has 3 aromatic carbocycles. The van der Waals surface area contributed by atoms with Crippen molar-refractivity contribution >= 4 is 17.6 Å². The summed E-state index contributed by atoms with van der Waals surface area (Å²) in [4.78, 5) is 17.5. The molecule has 4 nitrogen and oxygen atoms in total. The molecule has 0 radical (unpaired) electrons. The fourth-order valence-corrected chi connectivity index (χ4v) is 4.57. The first-order chi connectivity index (χ1) is 15.5. The minimum absolute atomic E-state index is 0.213. The lowest BCUT2D eigenvalue weighted by Gasteiger charge is -2.44. The molecule has 1 aliphatic rings. The number of ether oxygens (including phenoxy) is 1. The average Bonchev–Trinajstić information content (AvgIpc) is 2.85. The summed E-state index contributed by atoms with van der Waals surface area (Å²) in [6.45, 7) is 6.29.